The second-order valence-electron chi connectivity index (χ2n) is 4.74. The van der Waals surface area contributed by atoms with Crippen molar-refractivity contribution in [3.05, 3.63) is 0 Å². The van der Waals surface area contributed by atoms with Crippen LogP contribution in [0.1, 0.15) is 39.0 Å². The zero-order valence-electron chi connectivity index (χ0n) is 10.4. The smallest absolute Gasteiger partial charge is 0.303 e. The summed E-state index contributed by atoms with van der Waals surface area (Å²) in [6, 6.07) is -0.409. The Balaban J connectivity index is 2.43. The van der Waals surface area contributed by atoms with E-state index in [1.165, 1.54) is 0 Å². The molecule has 1 aliphatic rings. The minimum Gasteiger partial charge on any atom is -0.481 e. The van der Waals surface area contributed by atoms with Crippen LogP contribution in [0.15, 0.2) is 0 Å². The van der Waals surface area contributed by atoms with Crippen molar-refractivity contribution in [1.82, 2.24) is 4.90 Å². The molecule has 0 aromatic rings. The fourth-order valence-electron chi connectivity index (χ4n) is 2.24. The van der Waals surface area contributed by atoms with Gasteiger partial charge in [0.15, 0.2) is 0 Å². The van der Waals surface area contributed by atoms with E-state index >= 15 is 0 Å². The number of piperidine rings is 1. The van der Waals surface area contributed by atoms with Crippen molar-refractivity contribution in [2.45, 2.75) is 45.1 Å². The molecule has 1 aliphatic heterocycles. The minimum absolute atomic E-state index is 0.00697. The third-order valence-corrected chi connectivity index (χ3v) is 3.35. The number of nitrogens with two attached hydrogens (primary N) is 1. The van der Waals surface area contributed by atoms with Crippen LogP contribution in [0, 0.1) is 5.92 Å². The fourth-order valence-corrected chi connectivity index (χ4v) is 2.24. The Bertz CT molecular complexity index is 281. The molecule has 0 aliphatic carbocycles. The number of aliphatic carboxylic acids is 1. The lowest BCUT2D eigenvalue weighted by molar-refractivity contribution is -0.137. The first-order chi connectivity index (χ1) is 8.04. The lowest BCUT2D eigenvalue weighted by Gasteiger charge is -2.34. The van der Waals surface area contributed by atoms with E-state index in [0.717, 1.165) is 19.4 Å². The van der Waals surface area contributed by atoms with E-state index < -0.39 is 12.0 Å². The fraction of sp³-hybridized carbons (Fsp3) is 0.833. The van der Waals surface area contributed by atoms with Crippen molar-refractivity contribution in [2.75, 3.05) is 13.1 Å². The monoisotopic (exact) mass is 242 g/mol. The standard InChI is InChI=1S/C12H22N2O3/c1-2-10(13)12(17)14-7-3-4-9(8-14)5-6-11(15)16/h9-10H,2-8,13H2,1H3,(H,15,16)/t9?,10-/m0/s1. The van der Waals surface area contributed by atoms with Crippen LogP contribution in [0.2, 0.25) is 0 Å². The third-order valence-electron chi connectivity index (χ3n) is 3.35. The summed E-state index contributed by atoms with van der Waals surface area (Å²) in [5.41, 5.74) is 5.73. The molecule has 0 radical (unpaired) electrons. The number of rotatable bonds is 5. The average Bonchev–Trinajstić information content (AvgIpc) is 2.34. The number of hydrogen-bond acceptors (Lipinski definition) is 3. The molecule has 1 fully saturated rings. The van der Waals surface area contributed by atoms with E-state index in [1.807, 2.05) is 6.92 Å². The molecule has 3 N–H and O–H groups in total. The molecule has 1 rings (SSSR count). The Kier molecular flexibility index (Phi) is 5.41. The molecular formula is C12H22N2O3. The van der Waals surface area contributed by atoms with Gasteiger partial charge in [-0.15, -0.1) is 0 Å². The molecule has 0 spiro atoms. The molecule has 0 bridgehead atoms. The summed E-state index contributed by atoms with van der Waals surface area (Å²) >= 11 is 0. The summed E-state index contributed by atoms with van der Waals surface area (Å²) in [5.74, 6) is -0.445. The van der Waals surface area contributed by atoms with Crippen molar-refractivity contribution >= 4 is 11.9 Å². The van der Waals surface area contributed by atoms with Crippen LogP contribution in [0.5, 0.6) is 0 Å². The van der Waals surface area contributed by atoms with Crippen LogP contribution in [0.3, 0.4) is 0 Å². The number of amides is 1. The van der Waals surface area contributed by atoms with Gasteiger partial charge in [-0.05, 0) is 31.6 Å². The van der Waals surface area contributed by atoms with Crippen molar-refractivity contribution < 1.29 is 14.7 Å². The quantitative estimate of drug-likeness (QED) is 0.748. The van der Waals surface area contributed by atoms with Crippen LogP contribution >= 0.6 is 0 Å². The van der Waals surface area contributed by atoms with Crippen LogP contribution in [-0.4, -0.2) is 41.0 Å². The van der Waals surface area contributed by atoms with Gasteiger partial charge in [0.05, 0.1) is 6.04 Å². The number of hydrogen-bond donors (Lipinski definition) is 2. The molecular weight excluding hydrogens is 220 g/mol. The van der Waals surface area contributed by atoms with Gasteiger partial charge in [-0.2, -0.15) is 0 Å². The van der Waals surface area contributed by atoms with E-state index in [1.54, 1.807) is 4.90 Å². The number of carbonyl (C=O) groups is 2. The second-order valence-corrected chi connectivity index (χ2v) is 4.74. The van der Waals surface area contributed by atoms with Crippen molar-refractivity contribution in [3.8, 4) is 0 Å². The van der Waals surface area contributed by atoms with Crippen molar-refractivity contribution in [3.63, 3.8) is 0 Å². The molecule has 0 saturated carbocycles. The molecule has 1 saturated heterocycles. The molecule has 98 valence electrons. The van der Waals surface area contributed by atoms with Crippen molar-refractivity contribution in [1.29, 1.82) is 0 Å². The first-order valence-electron chi connectivity index (χ1n) is 6.30. The van der Waals surface area contributed by atoms with Gasteiger partial charge in [-0.25, -0.2) is 0 Å². The number of carboxylic acids is 1. The predicted molar refractivity (Wildman–Crippen MR) is 64.4 cm³/mol. The average molecular weight is 242 g/mol. The maximum Gasteiger partial charge on any atom is 0.303 e. The SMILES string of the molecule is CC[C@H](N)C(=O)N1CCCC(CCC(=O)O)C1. The Morgan fingerprint density at radius 1 is 1.53 bits per heavy atom. The first kappa shape index (κ1) is 14.0. The Morgan fingerprint density at radius 3 is 2.82 bits per heavy atom. The highest BCUT2D eigenvalue weighted by Gasteiger charge is 2.26. The highest BCUT2D eigenvalue weighted by molar-refractivity contribution is 5.81. The van der Waals surface area contributed by atoms with E-state index in [-0.39, 0.29) is 12.3 Å². The van der Waals surface area contributed by atoms with Gasteiger partial charge in [-0.1, -0.05) is 6.92 Å². The van der Waals surface area contributed by atoms with Gasteiger partial charge < -0.3 is 15.7 Å². The molecule has 5 nitrogen and oxygen atoms in total. The minimum atomic E-state index is -0.765. The molecule has 0 aromatic carbocycles. The van der Waals surface area contributed by atoms with Gasteiger partial charge in [0.25, 0.3) is 0 Å². The zero-order chi connectivity index (χ0) is 12.8. The summed E-state index contributed by atoms with van der Waals surface area (Å²) in [6.45, 7) is 3.32. The molecule has 1 unspecified atom stereocenters. The number of carboxylic acid groups (broad SMARTS) is 1. The Morgan fingerprint density at radius 2 is 2.24 bits per heavy atom. The van der Waals surface area contributed by atoms with E-state index in [2.05, 4.69) is 0 Å². The summed E-state index contributed by atoms with van der Waals surface area (Å²) in [7, 11) is 0. The van der Waals surface area contributed by atoms with Gasteiger partial charge in [0.2, 0.25) is 5.91 Å². The molecule has 2 atom stereocenters. The summed E-state index contributed by atoms with van der Waals surface area (Å²) in [6.07, 6.45) is 3.45. The Hall–Kier alpha value is -1.10. The van der Waals surface area contributed by atoms with Crippen molar-refractivity contribution in [2.24, 2.45) is 11.7 Å². The number of nitrogens with zero attached hydrogens (tertiary/aromatic N) is 1. The van der Waals surface area contributed by atoms with Gasteiger partial charge in [0, 0.05) is 19.5 Å². The number of likely N-dealkylation sites (tertiary alicyclic amines) is 1. The van der Waals surface area contributed by atoms with Crippen LogP contribution in [0.4, 0.5) is 0 Å². The van der Waals surface area contributed by atoms with Gasteiger partial charge in [0.1, 0.15) is 0 Å². The molecule has 1 heterocycles. The maximum atomic E-state index is 11.9. The third kappa shape index (κ3) is 4.34. The normalized spacial score (nSPS) is 22.2. The molecule has 5 heteroatoms. The highest BCUT2D eigenvalue weighted by Crippen LogP contribution is 2.21. The van der Waals surface area contributed by atoms with Crippen LogP contribution in [0.25, 0.3) is 0 Å². The van der Waals surface area contributed by atoms with Crippen LogP contribution < -0.4 is 5.73 Å². The van der Waals surface area contributed by atoms with E-state index in [0.29, 0.717) is 25.3 Å². The lowest BCUT2D eigenvalue weighted by atomic mass is 9.93. The predicted octanol–water partition coefficient (Wildman–Crippen LogP) is 0.827. The summed E-state index contributed by atoms with van der Waals surface area (Å²) in [4.78, 5) is 24.2. The van der Waals surface area contributed by atoms with Gasteiger partial charge >= 0.3 is 5.97 Å². The highest BCUT2D eigenvalue weighted by atomic mass is 16.4. The zero-order valence-corrected chi connectivity index (χ0v) is 10.4. The molecule has 17 heavy (non-hydrogen) atoms. The summed E-state index contributed by atoms with van der Waals surface area (Å²) in [5, 5.41) is 8.64. The van der Waals surface area contributed by atoms with Gasteiger partial charge in [-0.3, -0.25) is 9.59 Å². The lowest BCUT2D eigenvalue weighted by Crippen LogP contribution is -2.47. The topological polar surface area (TPSA) is 83.6 Å². The van der Waals surface area contributed by atoms with E-state index in [4.69, 9.17) is 10.8 Å². The van der Waals surface area contributed by atoms with E-state index in [9.17, 15) is 9.59 Å². The number of carbonyl (C=O) groups excluding carboxylic acids is 1. The Labute approximate surface area is 102 Å². The first-order valence-corrected chi connectivity index (χ1v) is 6.30. The van der Waals surface area contributed by atoms with Crippen LogP contribution in [-0.2, 0) is 9.59 Å². The second kappa shape index (κ2) is 6.59. The largest absolute Gasteiger partial charge is 0.481 e. The maximum absolute atomic E-state index is 11.9. The molecule has 0 aromatic heterocycles. The summed E-state index contributed by atoms with van der Waals surface area (Å²) < 4.78 is 0. The molecule has 1 amide bonds.